The number of rotatable bonds is 6. The Labute approximate surface area is 200 Å². The lowest BCUT2D eigenvalue weighted by atomic mass is 9.88. The molecule has 0 saturated heterocycles. The molecule has 1 atom stereocenters. The van der Waals surface area contributed by atoms with Crippen LogP contribution in [-0.4, -0.2) is 25.4 Å². The van der Waals surface area contributed by atoms with Crippen molar-refractivity contribution < 1.29 is 23.1 Å². The van der Waals surface area contributed by atoms with Crippen LogP contribution in [0.4, 0.5) is 10.7 Å². The van der Waals surface area contributed by atoms with Gasteiger partial charge in [-0.2, -0.15) is 5.26 Å². The van der Waals surface area contributed by atoms with Crippen LogP contribution in [0.5, 0.6) is 0 Å². The summed E-state index contributed by atoms with van der Waals surface area (Å²) in [7, 11) is -4.08. The van der Waals surface area contributed by atoms with E-state index >= 15 is 0 Å². The van der Waals surface area contributed by atoms with Crippen LogP contribution in [0, 0.1) is 17.2 Å². The number of carbonyl (C=O) groups excluding carboxylic acids is 1. The van der Waals surface area contributed by atoms with Crippen LogP contribution < -0.4 is 10.0 Å². The van der Waals surface area contributed by atoms with Crippen LogP contribution in [-0.2, 0) is 22.9 Å². The zero-order valence-corrected chi connectivity index (χ0v) is 19.8. The fourth-order valence-electron chi connectivity index (χ4n) is 3.87. The average Bonchev–Trinajstić information content (AvgIpc) is 3.14. The van der Waals surface area contributed by atoms with E-state index in [1.807, 2.05) is 0 Å². The highest BCUT2D eigenvalue weighted by Crippen LogP contribution is 2.39. The first-order valence-corrected chi connectivity index (χ1v) is 12.8. The summed E-state index contributed by atoms with van der Waals surface area (Å²) in [5, 5.41) is 22.0. The number of nitrogens with one attached hydrogen (secondary N) is 2. The molecule has 3 aromatic rings. The number of hydrogen-bond acceptors (Lipinski definition) is 6. The fraction of sp³-hybridized carbons (Fsp3) is 0.208. The average molecular weight is 496 g/mol. The lowest BCUT2D eigenvalue weighted by Gasteiger charge is -2.17. The highest BCUT2D eigenvalue weighted by atomic mass is 32.2. The van der Waals surface area contributed by atoms with Gasteiger partial charge in [0.1, 0.15) is 11.1 Å². The van der Waals surface area contributed by atoms with Crippen molar-refractivity contribution in [2.75, 3.05) is 10.0 Å². The maximum absolute atomic E-state index is 12.9. The number of nitriles is 1. The lowest BCUT2D eigenvalue weighted by molar-refractivity contribution is 0.0696. The van der Waals surface area contributed by atoms with Gasteiger partial charge in [-0.05, 0) is 67.1 Å². The summed E-state index contributed by atoms with van der Waals surface area (Å²) in [4.78, 5) is 25.0. The van der Waals surface area contributed by atoms with Crippen molar-refractivity contribution in [1.82, 2.24) is 0 Å². The first kappa shape index (κ1) is 23.5. The van der Waals surface area contributed by atoms with Gasteiger partial charge in [0.2, 0.25) is 0 Å². The van der Waals surface area contributed by atoms with Gasteiger partial charge in [0, 0.05) is 16.1 Å². The number of anilines is 2. The number of thiophene rings is 1. The number of nitrogens with zero attached hydrogens (tertiary/aromatic N) is 1. The van der Waals surface area contributed by atoms with Gasteiger partial charge < -0.3 is 10.4 Å². The molecule has 4 rings (SSSR count). The third-order valence-electron chi connectivity index (χ3n) is 5.62. The van der Waals surface area contributed by atoms with E-state index in [0.29, 0.717) is 16.5 Å². The summed E-state index contributed by atoms with van der Waals surface area (Å²) >= 11 is 1.40. The van der Waals surface area contributed by atoms with E-state index in [0.717, 1.165) is 29.7 Å². The predicted octanol–water partition coefficient (Wildman–Crippen LogP) is 4.50. The molecule has 1 aliphatic rings. The van der Waals surface area contributed by atoms with E-state index in [1.54, 1.807) is 0 Å². The molecule has 0 fully saturated rings. The van der Waals surface area contributed by atoms with Crippen molar-refractivity contribution in [2.45, 2.75) is 31.1 Å². The van der Waals surface area contributed by atoms with Crippen LogP contribution in [0.1, 0.15) is 50.1 Å². The SMILES string of the molecule is CC1CCc2c(sc(NC(=O)c3cccc(S(=O)(=O)Nc4cccc(C(=O)O)c4)c3)c2C#N)C1. The van der Waals surface area contributed by atoms with Crippen LogP contribution >= 0.6 is 11.3 Å². The molecular weight excluding hydrogens is 474 g/mol. The Hall–Kier alpha value is -3.68. The first-order chi connectivity index (χ1) is 16.2. The molecule has 0 saturated carbocycles. The number of carboxylic acid groups (broad SMARTS) is 1. The molecule has 8 nitrogen and oxygen atoms in total. The topological polar surface area (TPSA) is 136 Å². The van der Waals surface area contributed by atoms with Crippen LogP contribution in [0.3, 0.4) is 0 Å². The number of fused-ring (bicyclic) bond motifs is 1. The van der Waals surface area contributed by atoms with Crippen molar-refractivity contribution in [1.29, 1.82) is 5.26 Å². The molecule has 1 aromatic heterocycles. The summed E-state index contributed by atoms with van der Waals surface area (Å²) in [6.07, 6.45) is 2.66. The third kappa shape index (κ3) is 4.81. The number of amides is 1. The number of hydrogen-bond donors (Lipinski definition) is 3. The molecule has 0 radical (unpaired) electrons. The second-order valence-corrected chi connectivity index (χ2v) is 10.9. The molecular formula is C24H21N3O5S2. The van der Waals surface area contributed by atoms with E-state index in [9.17, 15) is 23.3 Å². The molecule has 0 spiro atoms. The second-order valence-electron chi connectivity index (χ2n) is 8.14. The van der Waals surface area contributed by atoms with Crippen LogP contribution in [0.15, 0.2) is 53.4 Å². The summed E-state index contributed by atoms with van der Waals surface area (Å²) in [6.45, 7) is 2.16. The molecule has 0 aliphatic heterocycles. The maximum atomic E-state index is 12.9. The van der Waals surface area contributed by atoms with Crippen LogP contribution in [0.25, 0.3) is 0 Å². The van der Waals surface area contributed by atoms with Crippen molar-refractivity contribution in [3.63, 3.8) is 0 Å². The van der Waals surface area contributed by atoms with Gasteiger partial charge in [-0.1, -0.05) is 19.1 Å². The van der Waals surface area contributed by atoms with E-state index < -0.39 is 21.9 Å². The number of benzene rings is 2. The molecule has 1 aliphatic carbocycles. The molecule has 3 N–H and O–H groups in total. The van der Waals surface area contributed by atoms with Gasteiger partial charge in [0.15, 0.2) is 0 Å². The molecule has 2 aromatic carbocycles. The Morgan fingerprint density at radius 3 is 2.62 bits per heavy atom. The minimum atomic E-state index is -4.08. The van der Waals surface area contributed by atoms with Gasteiger partial charge in [0.25, 0.3) is 15.9 Å². The van der Waals surface area contributed by atoms with Gasteiger partial charge in [-0.3, -0.25) is 9.52 Å². The van der Waals surface area contributed by atoms with Gasteiger partial charge >= 0.3 is 5.97 Å². The summed E-state index contributed by atoms with van der Waals surface area (Å²) in [6, 6.07) is 13.1. The Kier molecular flexibility index (Phi) is 6.41. The zero-order valence-electron chi connectivity index (χ0n) is 18.2. The van der Waals surface area contributed by atoms with Crippen molar-refractivity contribution in [2.24, 2.45) is 5.92 Å². The third-order valence-corrected chi connectivity index (χ3v) is 8.17. The van der Waals surface area contributed by atoms with E-state index in [1.165, 1.54) is 59.9 Å². The Morgan fingerprint density at radius 1 is 1.15 bits per heavy atom. The van der Waals surface area contributed by atoms with Gasteiger partial charge in [-0.25, -0.2) is 13.2 Å². The standard InChI is InChI=1S/C24H21N3O5S2/c1-14-8-9-19-20(13-25)23(33-21(19)10-14)26-22(28)15-4-3-7-18(12-15)34(31,32)27-17-6-2-5-16(11-17)24(29)30/h2-7,11-12,14,27H,8-10H2,1H3,(H,26,28)(H,29,30). The van der Waals surface area contributed by atoms with E-state index in [2.05, 4.69) is 23.0 Å². The fourth-order valence-corrected chi connectivity index (χ4v) is 6.32. The summed E-state index contributed by atoms with van der Waals surface area (Å²) in [5.74, 6) is -1.18. The lowest BCUT2D eigenvalue weighted by Crippen LogP contribution is -2.16. The largest absolute Gasteiger partial charge is 0.478 e. The van der Waals surface area contributed by atoms with Crippen molar-refractivity contribution in [3.05, 3.63) is 75.7 Å². The number of carbonyl (C=O) groups is 2. The van der Waals surface area contributed by atoms with E-state index in [4.69, 9.17) is 5.11 Å². The summed E-state index contributed by atoms with van der Waals surface area (Å²) < 4.78 is 28.0. The Morgan fingerprint density at radius 2 is 1.88 bits per heavy atom. The Balaban J connectivity index is 1.57. The molecule has 1 unspecified atom stereocenters. The number of aromatic carboxylic acids is 1. The number of carboxylic acids is 1. The van der Waals surface area contributed by atoms with Gasteiger partial charge in [0.05, 0.1) is 16.0 Å². The quantitative estimate of drug-likeness (QED) is 0.461. The predicted molar refractivity (Wildman–Crippen MR) is 129 cm³/mol. The Bertz CT molecular complexity index is 1440. The van der Waals surface area contributed by atoms with Gasteiger partial charge in [-0.15, -0.1) is 11.3 Å². The minimum Gasteiger partial charge on any atom is -0.478 e. The molecule has 1 heterocycles. The van der Waals surface area contributed by atoms with E-state index in [-0.39, 0.29) is 21.7 Å². The normalized spacial score (nSPS) is 15.1. The van der Waals surface area contributed by atoms with Crippen molar-refractivity contribution >= 4 is 43.9 Å². The molecule has 0 bridgehead atoms. The number of sulfonamides is 1. The monoisotopic (exact) mass is 495 g/mol. The summed E-state index contributed by atoms with van der Waals surface area (Å²) in [5.41, 5.74) is 1.61. The second kappa shape index (κ2) is 9.29. The molecule has 34 heavy (non-hydrogen) atoms. The maximum Gasteiger partial charge on any atom is 0.335 e. The van der Waals surface area contributed by atoms with Crippen LogP contribution in [0.2, 0.25) is 0 Å². The highest BCUT2D eigenvalue weighted by molar-refractivity contribution is 7.92. The molecule has 1 amide bonds. The molecule has 174 valence electrons. The zero-order chi connectivity index (χ0) is 24.5. The smallest absolute Gasteiger partial charge is 0.335 e. The molecule has 10 heteroatoms. The minimum absolute atomic E-state index is 0.0605. The highest BCUT2D eigenvalue weighted by Gasteiger charge is 2.25. The van der Waals surface area contributed by atoms with Crippen molar-refractivity contribution in [3.8, 4) is 6.07 Å². The first-order valence-electron chi connectivity index (χ1n) is 10.5.